The molecule has 172 valence electrons. The van der Waals surface area contributed by atoms with Gasteiger partial charge in [-0.15, -0.1) is 0 Å². The second kappa shape index (κ2) is 9.54. The second-order valence-corrected chi connectivity index (χ2v) is 8.48. The number of carbonyl (C=O) groups excluding carboxylic acids is 1. The van der Waals surface area contributed by atoms with Gasteiger partial charge in [0.05, 0.1) is 4.92 Å². The topological polar surface area (TPSA) is 75.9 Å². The zero-order valence-electron chi connectivity index (χ0n) is 18.6. The van der Waals surface area contributed by atoms with Crippen LogP contribution in [0.2, 0.25) is 0 Å². The Balaban J connectivity index is 1.44. The molecule has 33 heavy (non-hydrogen) atoms. The fraction of sp³-hybridized carbons (Fsp3) is 0.320. The number of piperazine rings is 1. The maximum Gasteiger partial charge on any atom is 0.311 e. The third-order valence-electron chi connectivity index (χ3n) is 6.13. The number of nitro benzene ring substituents is 1. The minimum Gasteiger partial charge on any atom is -0.476 e. The molecule has 0 spiro atoms. The largest absolute Gasteiger partial charge is 0.476 e. The fourth-order valence-corrected chi connectivity index (χ4v) is 4.33. The smallest absolute Gasteiger partial charge is 0.311 e. The molecule has 7 nitrogen and oxygen atoms in total. The molecule has 3 aromatic rings. The highest BCUT2D eigenvalue weighted by atomic mass is 19.1. The van der Waals surface area contributed by atoms with Gasteiger partial charge >= 0.3 is 5.69 Å². The monoisotopic (exact) mass is 451 g/mol. The van der Waals surface area contributed by atoms with Crippen LogP contribution in [0, 0.1) is 15.9 Å². The van der Waals surface area contributed by atoms with E-state index in [-0.39, 0.29) is 41.9 Å². The number of amides is 1. The van der Waals surface area contributed by atoms with Crippen molar-refractivity contribution < 1.29 is 18.8 Å². The molecule has 1 saturated heterocycles. The van der Waals surface area contributed by atoms with Crippen LogP contribution >= 0.6 is 0 Å². The van der Waals surface area contributed by atoms with Crippen LogP contribution in [-0.4, -0.2) is 52.4 Å². The van der Waals surface area contributed by atoms with Crippen molar-refractivity contribution in [2.75, 3.05) is 19.7 Å². The first-order valence-corrected chi connectivity index (χ1v) is 10.9. The number of halogens is 1. The molecule has 1 fully saturated rings. The van der Waals surface area contributed by atoms with Gasteiger partial charge in [-0.2, -0.15) is 0 Å². The van der Waals surface area contributed by atoms with Crippen molar-refractivity contribution in [1.82, 2.24) is 9.80 Å². The van der Waals surface area contributed by atoms with E-state index >= 15 is 0 Å². The van der Waals surface area contributed by atoms with Gasteiger partial charge in [0, 0.05) is 43.2 Å². The molecule has 4 rings (SSSR count). The summed E-state index contributed by atoms with van der Waals surface area (Å²) in [6.07, 6.45) is 0. The van der Waals surface area contributed by atoms with Gasteiger partial charge in [-0.05, 0) is 43.0 Å². The highest BCUT2D eigenvalue weighted by molar-refractivity contribution is 5.92. The predicted molar refractivity (Wildman–Crippen MR) is 124 cm³/mol. The number of carbonyl (C=O) groups is 1. The molecule has 0 aliphatic carbocycles. The van der Waals surface area contributed by atoms with Crippen molar-refractivity contribution in [3.63, 3.8) is 0 Å². The molecule has 0 bridgehead atoms. The number of fused-ring (bicyclic) bond motifs is 1. The summed E-state index contributed by atoms with van der Waals surface area (Å²) in [6.45, 7) is 5.60. The third kappa shape index (κ3) is 4.96. The Hall–Kier alpha value is -3.52. The van der Waals surface area contributed by atoms with Gasteiger partial charge in [0.2, 0.25) is 5.75 Å². The van der Waals surface area contributed by atoms with Crippen LogP contribution in [0.15, 0.2) is 60.7 Å². The normalized spacial score (nSPS) is 18.9. The molecule has 1 aliphatic heterocycles. The number of nitro groups is 1. The number of rotatable bonds is 6. The molecule has 0 aromatic heterocycles. The van der Waals surface area contributed by atoms with Crippen molar-refractivity contribution in [3.05, 3.63) is 82.2 Å². The highest BCUT2D eigenvalue weighted by Gasteiger charge is 2.32. The first-order chi connectivity index (χ1) is 15.8. The molecule has 1 amide bonds. The molecule has 1 heterocycles. The van der Waals surface area contributed by atoms with Crippen molar-refractivity contribution >= 4 is 22.4 Å². The SMILES string of the molecule is C[C@@H]1CN(Cc2ccc(F)cc2)[C@@H](C)CN1C(=O)COc1c([N+](=O)[O-])ccc2ccccc12. The zero-order chi connectivity index (χ0) is 23.5. The Kier molecular flexibility index (Phi) is 6.55. The predicted octanol–water partition coefficient (Wildman–Crippen LogP) is 4.39. The molecular weight excluding hydrogens is 425 g/mol. The van der Waals surface area contributed by atoms with Gasteiger partial charge in [0.25, 0.3) is 5.91 Å². The quantitative estimate of drug-likeness (QED) is 0.411. The lowest BCUT2D eigenvalue weighted by molar-refractivity contribution is -0.385. The van der Waals surface area contributed by atoms with E-state index < -0.39 is 4.92 Å². The Morgan fingerprint density at radius 1 is 1.06 bits per heavy atom. The summed E-state index contributed by atoms with van der Waals surface area (Å²) >= 11 is 0. The maximum atomic E-state index is 13.2. The number of benzene rings is 3. The van der Waals surface area contributed by atoms with Crippen LogP contribution in [0.3, 0.4) is 0 Å². The first-order valence-electron chi connectivity index (χ1n) is 10.9. The van der Waals surface area contributed by atoms with Crippen molar-refractivity contribution in [3.8, 4) is 5.75 Å². The van der Waals surface area contributed by atoms with Crippen LogP contribution < -0.4 is 4.74 Å². The van der Waals surface area contributed by atoms with Gasteiger partial charge in [-0.25, -0.2) is 4.39 Å². The van der Waals surface area contributed by atoms with E-state index in [4.69, 9.17) is 4.74 Å². The lowest BCUT2D eigenvalue weighted by atomic mass is 10.1. The van der Waals surface area contributed by atoms with E-state index in [0.29, 0.717) is 25.0 Å². The first kappa shape index (κ1) is 22.7. The number of nitrogens with zero attached hydrogens (tertiary/aromatic N) is 3. The Labute approximate surface area is 191 Å². The van der Waals surface area contributed by atoms with Crippen molar-refractivity contribution in [2.45, 2.75) is 32.5 Å². The lowest BCUT2D eigenvalue weighted by Gasteiger charge is -2.44. The van der Waals surface area contributed by atoms with E-state index in [9.17, 15) is 19.3 Å². The molecule has 2 atom stereocenters. The van der Waals surface area contributed by atoms with Crippen LogP contribution in [0.25, 0.3) is 10.8 Å². The molecule has 0 unspecified atom stereocenters. The van der Waals surface area contributed by atoms with E-state index in [0.717, 1.165) is 10.9 Å². The lowest BCUT2D eigenvalue weighted by Crippen LogP contribution is -2.58. The Bertz CT molecular complexity index is 1170. The number of hydrogen-bond donors (Lipinski definition) is 0. The minimum absolute atomic E-state index is 0.0553. The molecule has 1 aliphatic rings. The van der Waals surface area contributed by atoms with Gasteiger partial charge < -0.3 is 9.64 Å². The van der Waals surface area contributed by atoms with E-state index in [1.807, 2.05) is 26.0 Å². The molecule has 0 N–H and O–H groups in total. The van der Waals surface area contributed by atoms with Crippen LogP contribution in [0.5, 0.6) is 5.75 Å². The summed E-state index contributed by atoms with van der Waals surface area (Å²) in [5, 5.41) is 12.9. The second-order valence-electron chi connectivity index (χ2n) is 8.48. The van der Waals surface area contributed by atoms with Gasteiger partial charge in [0.1, 0.15) is 5.82 Å². The van der Waals surface area contributed by atoms with Crippen LogP contribution in [-0.2, 0) is 11.3 Å². The number of ether oxygens (including phenoxy) is 1. The van der Waals surface area contributed by atoms with Gasteiger partial charge in [-0.3, -0.25) is 19.8 Å². The fourth-order valence-electron chi connectivity index (χ4n) is 4.33. The summed E-state index contributed by atoms with van der Waals surface area (Å²) in [5.74, 6) is -0.359. The van der Waals surface area contributed by atoms with Crippen LogP contribution in [0.1, 0.15) is 19.4 Å². The molecule has 8 heteroatoms. The van der Waals surface area contributed by atoms with E-state index in [1.165, 1.54) is 18.2 Å². The van der Waals surface area contributed by atoms with E-state index in [2.05, 4.69) is 4.90 Å². The molecule has 3 aromatic carbocycles. The zero-order valence-corrected chi connectivity index (χ0v) is 18.6. The highest BCUT2D eigenvalue weighted by Crippen LogP contribution is 2.35. The third-order valence-corrected chi connectivity index (χ3v) is 6.13. The summed E-state index contributed by atoms with van der Waals surface area (Å²) in [5.41, 5.74) is 0.855. The average molecular weight is 451 g/mol. The number of hydrogen-bond acceptors (Lipinski definition) is 5. The Morgan fingerprint density at radius 3 is 2.52 bits per heavy atom. The summed E-state index contributed by atoms with van der Waals surface area (Å²) < 4.78 is 18.9. The summed E-state index contributed by atoms with van der Waals surface area (Å²) in [6, 6.07) is 16.8. The van der Waals surface area contributed by atoms with Crippen molar-refractivity contribution in [1.29, 1.82) is 0 Å². The summed E-state index contributed by atoms with van der Waals surface area (Å²) in [4.78, 5) is 28.1. The minimum atomic E-state index is -0.495. The molecule has 0 saturated carbocycles. The van der Waals surface area contributed by atoms with Crippen LogP contribution in [0.4, 0.5) is 10.1 Å². The van der Waals surface area contributed by atoms with Gasteiger partial charge in [-0.1, -0.05) is 36.4 Å². The summed E-state index contributed by atoms with van der Waals surface area (Å²) in [7, 11) is 0. The molecule has 0 radical (unpaired) electrons. The standard InChI is InChI=1S/C25H26FN3O4/c1-17-14-28(18(2)13-27(17)15-19-7-10-21(26)11-8-19)24(30)16-33-25-22-6-4-3-5-20(22)9-12-23(25)29(31)32/h3-12,17-18H,13-16H2,1-2H3/t17-,18+/m0/s1. The Morgan fingerprint density at radius 2 is 1.79 bits per heavy atom. The van der Waals surface area contributed by atoms with Crippen molar-refractivity contribution in [2.24, 2.45) is 0 Å². The van der Waals surface area contributed by atoms with E-state index in [1.54, 1.807) is 35.2 Å². The van der Waals surface area contributed by atoms with Gasteiger partial charge in [0.15, 0.2) is 6.61 Å². The average Bonchev–Trinajstić information content (AvgIpc) is 2.80. The maximum absolute atomic E-state index is 13.2. The molecular formula is C25H26FN3O4.